The van der Waals surface area contributed by atoms with Crippen molar-refractivity contribution in [1.29, 1.82) is 0 Å². The van der Waals surface area contributed by atoms with E-state index >= 15 is 0 Å². The minimum atomic E-state index is -0.467. The molecule has 5 nitrogen and oxygen atoms in total. The summed E-state index contributed by atoms with van der Waals surface area (Å²) in [6.07, 6.45) is 2.04. The first-order valence-electron chi connectivity index (χ1n) is 8.62. The number of aryl methyl sites for hydroxylation is 1. The van der Waals surface area contributed by atoms with Gasteiger partial charge < -0.3 is 10.2 Å². The molecule has 1 atom stereocenters. The van der Waals surface area contributed by atoms with Crippen molar-refractivity contribution in [1.82, 2.24) is 10.6 Å². The first kappa shape index (κ1) is 17.0. The second-order valence-corrected chi connectivity index (χ2v) is 6.26. The molecule has 3 rings (SSSR count). The first-order chi connectivity index (χ1) is 12.1. The van der Waals surface area contributed by atoms with Gasteiger partial charge in [0.25, 0.3) is 0 Å². The van der Waals surface area contributed by atoms with Crippen LogP contribution in [0, 0.1) is 0 Å². The number of anilines is 1. The molecule has 0 aromatic heterocycles. The number of fused-ring (bicyclic) bond motifs is 1. The van der Waals surface area contributed by atoms with Crippen molar-refractivity contribution in [2.24, 2.45) is 0 Å². The van der Waals surface area contributed by atoms with Crippen molar-refractivity contribution in [3.63, 3.8) is 0 Å². The summed E-state index contributed by atoms with van der Waals surface area (Å²) >= 11 is 0. The van der Waals surface area contributed by atoms with Crippen molar-refractivity contribution >= 4 is 17.6 Å². The summed E-state index contributed by atoms with van der Waals surface area (Å²) in [5.41, 5.74) is 3.33. The molecule has 2 aromatic rings. The summed E-state index contributed by atoms with van der Waals surface area (Å²) in [5, 5.41) is 5.16. The molecule has 5 heteroatoms. The normalized spacial score (nSPS) is 14.4. The van der Waals surface area contributed by atoms with E-state index in [1.165, 1.54) is 5.56 Å². The Morgan fingerprint density at radius 1 is 1.08 bits per heavy atom. The number of nitrogens with zero attached hydrogens (tertiary/aromatic N) is 1. The number of carbonyl (C=O) groups excluding carboxylic acids is 2. The third-order valence-corrected chi connectivity index (χ3v) is 4.53. The lowest BCUT2D eigenvalue weighted by Gasteiger charge is -2.35. The standard InChI is InChI=1S/C20H23N3O2/c1-15(23-13-7-11-17-10-5-6-12-18(17)23)19(24)22-20(25)21-14-16-8-3-2-4-9-16/h2-6,8-10,12,15H,7,11,13-14H2,1H3,(H2,21,22,24,25)/t15-/m1/s1. The molecule has 0 spiro atoms. The number of hydrogen-bond donors (Lipinski definition) is 2. The molecule has 1 heterocycles. The van der Waals surface area contributed by atoms with E-state index < -0.39 is 12.1 Å². The van der Waals surface area contributed by atoms with Gasteiger partial charge in [0.2, 0.25) is 5.91 Å². The summed E-state index contributed by atoms with van der Waals surface area (Å²) < 4.78 is 0. The number of para-hydroxylation sites is 1. The van der Waals surface area contributed by atoms with E-state index in [0.717, 1.165) is 30.6 Å². The number of rotatable bonds is 4. The number of amides is 3. The van der Waals surface area contributed by atoms with E-state index in [9.17, 15) is 9.59 Å². The van der Waals surface area contributed by atoms with Crippen molar-refractivity contribution in [2.75, 3.05) is 11.4 Å². The molecule has 1 aliphatic heterocycles. The van der Waals surface area contributed by atoms with Gasteiger partial charge in [-0.15, -0.1) is 0 Å². The van der Waals surface area contributed by atoms with Crippen LogP contribution in [0.3, 0.4) is 0 Å². The SMILES string of the molecule is C[C@H](C(=O)NC(=O)NCc1ccccc1)N1CCCc2ccccc21. The lowest BCUT2D eigenvalue weighted by atomic mass is 10.00. The van der Waals surface area contributed by atoms with Crippen LogP contribution in [0.1, 0.15) is 24.5 Å². The Kier molecular flexibility index (Phi) is 5.33. The number of hydrogen-bond acceptors (Lipinski definition) is 3. The van der Waals surface area contributed by atoms with Gasteiger partial charge in [-0.1, -0.05) is 48.5 Å². The quantitative estimate of drug-likeness (QED) is 0.902. The van der Waals surface area contributed by atoms with Gasteiger partial charge in [0, 0.05) is 18.8 Å². The van der Waals surface area contributed by atoms with E-state index in [1.807, 2.05) is 55.5 Å². The zero-order valence-corrected chi connectivity index (χ0v) is 14.4. The second-order valence-electron chi connectivity index (χ2n) is 6.26. The fraction of sp³-hybridized carbons (Fsp3) is 0.300. The zero-order valence-electron chi connectivity index (χ0n) is 14.4. The minimum absolute atomic E-state index is 0.290. The third kappa shape index (κ3) is 4.18. The van der Waals surface area contributed by atoms with E-state index in [2.05, 4.69) is 21.6 Å². The number of urea groups is 1. The molecule has 2 N–H and O–H groups in total. The summed E-state index contributed by atoms with van der Waals surface area (Å²) in [6.45, 7) is 3.04. The van der Waals surface area contributed by atoms with Gasteiger partial charge in [-0.3, -0.25) is 10.1 Å². The third-order valence-electron chi connectivity index (χ3n) is 4.53. The fourth-order valence-corrected chi connectivity index (χ4v) is 3.15. The maximum Gasteiger partial charge on any atom is 0.321 e. The highest BCUT2D eigenvalue weighted by Gasteiger charge is 2.26. The Labute approximate surface area is 148 Å². The lowest BCUT2D eigenvalue weighted by Crippen LogP contribution is -2.50. The topological polar surface area (TPSA) is 61.4 Å². The Bertz CT molecular complexity index is 746. The molecule has 0 fully saturated rings. The molecule has 0 saturated carbocycles. The van der Waals surface area contributed by atoms with E-state index in [-0.39, 0.29) is 5.91 Å². The molecule has 3 amide bonds. The van der Waals surface area contributed by atoms with Gasteiger partial charge in [0.15, 0.2) is 0 Å². The first-order valence-corrected chi connectivity index (χ1v) is 8.62. The molecular formula is C20H23N3O2. The van der Waals surface area contributed by atoms with Gasteiger partial charge in [0.1, 0.15) is 6.04 Å². The summed E-state index contributed by atoms with van der Waals surface area (Å²) in [5.74, 6) is -0.290. The van der Waals surface area contributed by atoms with Gasteiger partial charge in [-0.05, 0) is 37.0 Å². The summed E-state index contributed by atoms with van der Waals surface area (Å²) in [7, 11) is 0. The average molecular weight is 337 g/mol. The molecule has 0 radical (unpaired) electrons. The Hall–Kier alpha value is -2.82. The van der Waals surface area contributed by atoms with Crippen LogP contribution in [0.25, 0.3) is 0 Å². The van der Waals surface area contributed by atoms with E-state index in [1.54, 1.807) is 0 Å². The van der Waals surface area contributed by atoms with E-state index in [0.29, 0.717) is 6.54 Å². The van der Waals surface area contributed by atoms with Crippen LogP contribution in [0.15, 0.2) is 54.6 Å². The van der Waals surface area contributed by atoms with Crippen molar-refractivity contribution in [3.8, 4) is 0 Å². The maximum atomic E-state index is 12.5. The minimum Gasteiger partial charge on any atom is -0.360 e. The molecular weight excluding hydrogens is 314 g/mol. The molecule has 0 unspecified atom stereocenters. The predicted octanol–water partition coefficient (Wildman–Crippen LogP) is 2.85. The molecule has 1 aliphatic rings. The number of nitrogens with one attached hydrogen (secondary N) is 2. The highest BCUT2D eigenvalue weighted by Crippen LogP contribution is 2.28. The van der Waals surface area contributed by atoms with Gasteiger partial charge in [-0.25, -0.2) is 4.79 Å². The predicted molar refractivity (Wildman–Crippen MR) is 98.4 cm³/mol. The van der Waals surface area contributed by atoms with Crippen LogP contribution in [-0.4, -0.2) is 24.5 Å². The molecule has 2 aromatic carbocycles. The molecule has 130 valence electrons. The Morgan fingerprint density at radius 3 is 2.60 bits per heavy atom. The smallest absolute Gasteiger partial charge is 0.321 e. The Balaban J connectivity index is 1.57. The summed E-state index contributed by atoms with van der Waals surface area (Å²) in [4.78, 5) is 26.5. The largest absolute Gasteiger partial charge is 0.360 e. The number of benzene rings is 2. The molecule has 0 aliphatic carbocycles. The fourth-order valence-electron chi connectivity index (χ4n) is 3.15. The highest BCUT2D eigenvalue weighted by atomic mass is 16.2. The second kappa shape index (κ2) is 7.83. The van der Waals surface area contributed by atoms with Crippen molar-refractivity contribution in [2.45, 2.75) is 32.4 Å². The van der Waals surface area contributed by atoms with Gasteiger partial charge in [0.05, 0.1) is 0 Å². The van der Waals surface area contributed by atoms with Crippen LogP contribution in [0.2, 0.25) is 0 Å². The molecule has 0 bridgehead atoms. The molecule has 0 saturated heterocycles. The summed E-state index contributed by atoms with van der Waals surface area (Å²) in [6, 6.07) is 16.9. The van der Waals surface area contributed by atoms with Gasteiger partial charge >= 0.3 is 6.03 Å². The average Bonchev–Trinajstić information content (AvgIpc) is 2.66. The van der Waals surface area contributed by atoms with E-state index in [4.69, 9.17) is 0 Å². The Morgan fingerprint density at radius 2 is 1.80 bits per heavy atom. The lowest BCUT2D eigenvalue weighted by molar-refractivity contribution is -0.121. The van der Waals surface area contributed by atoms with Crippen LogP contribution in [0.5, 0.6) is 0 Å². The highest BCUT2D eigenvalue weighted by molar-refractivity contribution is 5.98. The van der Waals surface area contributed by atoms with Gasteiger partial charge in [-0.2, -0.15) is 0 Å². The maximum absolute atomic E-state index is 12.5. The zero-order chi connectivity index (χ0) is 17.6. The van der Waals surface area contributed by atoms with Crippen molar-refractivity contribution < 1.29 is 9.59 Å². The van der Waals surface area contributed by atoms with Crippen LogP contribution >= 0.6 is 0 Å². The van der Waals surface area contributed by atoms with Crippen molar-refractivity contribution in [3.05, 3.63) is 65.7 Å². The monoisotopic (exact) mass is 337 g/mol. The van der Waals surface area contributed by atoms with Crippen LogP contribution in [-0.2, 0) is 17.8 Å². The molecule has 25 heavy (non-hydrogen) atoms. The van der Waals surface area contributed by atoms with Crippen LogP contribution in [0.4, 0.5) is 10.5 Å². The van der Waals surface area contributed by atoms with Crippen LogP contribution < -0.4 is 15.5 Å². The number of carbonyl (C=O) groups is 2. The number of imide groups is 1.